The fraction of sp³-hybridized carbons (Fsp3) is 0.208. The second-order valence-corrected chi connectivity index (χ2v) is 9.00. The van der Waals surface area contributed by atoms with Gasteiger partial charge in [0.15, 0.2) is 0 Å². The number of hydrogen-bond donors (Lipinski definition) is 3. The van der Waals surface area contributed by atoms with Gasteiger partial charge in [0.05, 0.1) is 5.25 Å². The Balaban J connectivity index is 1.81. The van der Waals surface area contributed by atoms with Crippen LogP contribution in [-0.2, 0) is 4.74 Å². The van der Waals surface area contributed by atoms with Gasteiger partial charge in [-0.25, -0.2) is 9.78 Å². The molecule has 3 rings (SSSR count). The van der Waals surface area contributed by atoms with Gasteiger partial charge >= 0.3 is 6.09 Å². The lowest BCUT2D eigenvalue weighted by Gasteiger charge is -2.20. The van der Waals surface area contributed by atoms with Gasteiger partial charge in [-0.05, 0) is 74.4 Å². The van der Waals surface area contributed by atoms with Gasteiger partial charge in [0.25, 0.3) is 5.91 Å². The first kappa shape index (κ1) is 23.6. The standard InChI is InChI=1S/C24H24ClN3O3S/c1-24(2,3)31-23(30)28-20-14-15(12-13-26-20)21(32)18-6-4-5-7-19(18)22(29)27-17-10-8-16(25)9-11-17/h4-14,21,32H,1-3H3,(H,27,29)(H,26,28,30). The second kappa shape index (κ2) is 10.1. The summed E-state index contributed by atoms with van der Waals surface area (Å²) in [7, 11) is 0. The van der Waals surface area contributed by atoms with Gasteiger partial charge in [0.1, 0.15) is 11.4 Å². The fourth-order valence-corrected chi connectivity index (χ4v) is 3.46. The summed E-state index contributed by atoms with van der Waals surface area (Å²) in [5.74, 6) is 0.0713. The first-order chi connectivity index (χ1) is 15.1. The number of carbonyl (C=O) groups is 2. The molecule has 0 fully saturated rings. The van der Waals surface area contributed by atoms with Crippen LogP contribution >= 0.6 is 24.2 Å². The molecule has 1 heterocycles. The average Bonchev–Trinajstić information content (AvgIpc) is 2.73. The van der Waals surface area contributed by atoms with Crippen molar-refractivity contribution in [2.24, 2.45) is 0 Å². The lowest BCUT2D eigenvalue weighted by Crippen LogP contribution is -2.27. The minimum atomic E-state index is -0.621. The predicted molar refractivity (Wildman–Crippen MR) is 131 cm³/mol. The molecule has 3 aromatic rings. The van der Waals surface area contributed by atoms with Gasteiger partial charge in [0.2, 0.25) is 0 Å². The maximum atomic E-state index is 12.9. The Labute approximate surface area is 197 Å². The van der Waals surface area contributed by atoms with Crippen LogP contribution in [0.25, 0.3) is 0 Å². The van der Waals surface area contributed by atoms with Crippen LogP contribution < -0.4 is 10.6 Å². The van der Waals surface area contributed by atoms with E-state index >= 15 is 0 Å². The third kappa shape index (κ3) is 6.48. The van der Waals surface area contributed by atoms with Crippen molar-refractivity contribution in [3.8, 4) is 0 Å². The zero-order valence-electron chi connectivity index (χ0n) is 17.9. The second-order valence-electron chi connectivity index (χ2n) is 8.05. The van der Waals surface area contributed by atoms with Gasteiger partial charge in [-0.15, -0.1) is 0 Å². The number of rotatable bonds is 5. The highest BCUT2D eigenvalue weighted by Crippen LogP contribution is 2.32. The quantitative estimate of drug-likeness (QED) is 0.380. The molecule has 2 N–H and O–H groups in total. The summed E-state index contributed by atoms with van der Waals surface area (Å²) in [6.07, 6.45) is 0.974. The van der Waals surface area contributed by atoms with Crippen LogP contribution in [0.15, 0.2) is 66.9 Å². The van der Waals surface area contributed by atoms with Crippen LogP contribution in [-0.4, -0.2) is 22.6 Å². The molecule has 0 aliphatic carbocycles. The van der Waals surface area contributed by atoms with Gasteiger partial charge in [-0.1, -0.05) is 29.8 Å². The number of benzene rings is 2. The molecular formula is C24H24ClN3O3S. The number of thiol groups is 1. The van der Waals surface area contributed by atoms with Crippen LogP contribution in [0.1, 0.15) is 47.5 Å². The largest absolute Gasteiger partial charge is 0.444 e. The molecule has 0 aliphatic rings. The van der Waals surface area contributed by atoms with Crippen molar-refractivity contribution in [3.63, 3.8) is 0 Å². The zero-order valence-corrected chi connectivity index (χ0v) is 19.6. The summed E-state index contributed by atoms with van der Waals surface area (Å²) >= 11 is 10.7. The SMILES string of the molecule is CC(C)(C)OC(=O)Nc1cc(C(S)c2ccccc2C(=O)Nc2ccc(Cl)cc2)ccn1. The van der Waals surface area contributed by atoms with Gasteiger partial charge in [-0.2, -0.15) is 12.6 Å². The van der Waals surface area contributed by atoms with Crippen LogP contribution in [0, 0.1) is 0 Å². The maximum Gasteiger partial charge on any atom is 0.413 e. The zero-order chi connectivity index (χ0) is 23.3. The van der Waals surface area contributed by atoms with E-state index in [0.717, 1.165) is 11.1 Å². The number of halogens is 1. The maximum absolute atomic E-state index is 12.9. The Morgan fingerprint density at radius 2 is 1.72 bits per heavy atom. The minimum absolute atomic E-state index is 0.261. The summed E-state index contributed by atoms with van der Waals surface area (Å²) in [5.41, 5.74) is 1.99. The summed E-state index contributed by atoms with van der Waals surface area (Å²) in [5, 5.41) is 5.66. The Kier molecular flexibility index (Phi) is 7.43. The van der Waals surface area contributed by atoms with E-state index in [1.54, 1.807) is 75.5 Å². The van der Waals surface area contributed by atoms with E-state index in [-0.39, 0.29) is 5.91 Å². The molecule has 0 bridgehead atoms. The molecule has 6 nitrogen and oxygen atoms in total. The first-order valence-corrected chi connectivity index (χ1v) is 10.8. The van der Waals surface area contributed by atoms with Gasteiger partial charge in [0, 0.05) is 22.5 Å². The molecule has 0 saturated carbocycles. The first-order valence-electron chi connectivity index (χ1n) is 9.92. The lowest BCUT2D eigenvalue weighted by atomic mass is 9.99. The summed E-state index contributed by atoms with van der Waals surface area (Å²) in [6, 6.07) is 17.6. The Hall–Kier alpha value is -3.03. The molecule has 8 heteroatoms. The van der Waals surface area contributed by atoms with E-state index in [1.807, 2.05) is 12.1 Å². The summed E-state index contributed by atoms with van der Waals surface area (Å²) in [6.45, 7) is 5.35. The Bertz CT molecular complexity index is 1110. The van der Waals surface area contributed by atoms with Crippen molar-refractivity contribution < 1.29 is 14.3 Å². The van der Waals surface area contributed by atoms with Crippen molar-refractivity contribution >= 4 is 47.7 Å². The number of pyridine rings is 1. The fourth-order valence-electron chi connectivity index (χ4n) is 2.95. The monoisotopic (exact) mass is 469 g/mol. The molecule has 1 atom stereocenters. The van der Waals surface area contributed by atoms with Crippen molar-refractivity contribution in [1.29, 1.82) is 0 Å². The molecule has 1 unspecified atom stereocenters. The number of anilines is 2. The summed E-state index contributed by atoms with van der Waals surface area (Å²) in [4.78, 5) is 29.2. The molecule has 0 radical (unpaired) electrons. The van der Waals surface area contributed by atoms with Crippen LogP contribution in [0.3, 0.4) is 0 Å². The van der Waals surface area contributed by atoms with Crippen molar-refractivity contribution in [3.05, 3.63) is 88.6 Å². The molecule has 0 spiro atoms. The number of amides is 2. The van der Waals surface area contributed by atoms with Crippen LogP contribution in [0.4, 0.5) is 16.3 Å². The highest BCUT2D eigenvalue weighted by atomic mass is 35.5. The van der Waals surface area contributed by atoms with E-state index in [9.17, 15) is 9.59 Å². The molecule has 2 aromatic carbocycles. The van der Waals surface area contributed by atoms with Gasteiger partial charge < -0.3 is 10.1 Å². The molecule has 0 saturated heterocycles. The third-order valence-corrected chi connectivity index (χ3v) is 5.16. The topological polar surface area (TPSA) is 80.3 Å². The van der Waals surface area contributed by atoms with E-state index < -0.39 is 16.9 Å². The minimum Gasteiger partial charge on any atom is -0.444 e. The highest BCUT2D eigenvalue weighted by molar-refractivity contribution is 7.80. The average molecular weight is 470 g/mol. The molecule has 2 amide bonds. The number of nitrogens with one attached hydrogen (secondary N) is 2. The van der Waals surface area contributed by atoms with Crippen molar-refractivity contribution in [1.82, 2.24) is 4.98 Å². The van der Waals surface area contributed by atoms with E-state index in [2.05, 4.69) is 15.6 Å². The van der Waals surface area contributed by atoms with Crippen molar-refractivity contribution in [2.75, 3.05) is 10.6 Å². The Morgan fingerprint density at radius 3 is 2.41 bits per heavy atom. The molecular weight excluding hydrogens is 446 g/mol. The Morgan fingerprint density at radius 1 is 1.03 bits per heavy atom. The van der Waals surface area contributed by atoms with Crippen molar-refractivity contribution in [2.45, 2.75) is 31.6 Å². The predicted octanol–water partition coefficient (Wildman–Crippen LogP) is 6.35. The van der Waals surface area contributed by atoms with Crippen LogP contribution in [0.5, 0.6) is 0 Å². The van der Waals surface area contributed by atoms with E-state index in [0.29, 0.717) is 22.1 Å². The molecule has 1 aromatic heterocycles. The highest BCUT2D eigenvalue weighted by Gasteiger charge is 2.20. The summed E-state index contributed by atoms with van der Waals surface area (Å²) < 4.78 is 5.27. The van der Waals surface area contributed by atoms with E-state index in [1.165, 1.54) is 0 Å². The number of nitrogens with zero attached hydrogens (tertiary/aromatic N) is 1. The molecule has 32 heavy (non-hydrogen) atoms. The third-order valence-electron chi connectivity index (χ3n) is 4.33. The van der Waals surface area contributed by atoms with E-state index in [4.69, 9.17) is 29.0 Å². The number of ether oxygens (including phenoxy) is 1. The normalized spacial score (nSPS) is 12.0. The smallest absolute Gasteiger partial charge is 0.413 e. The molecule has 0 aliphatic heterocycles. The van der Waals surface area contributed by atoms with Crippen LogP contribution in [0.2, 0.25) is 5.02 Å². The van der Waals surface area contributed by atoms with Gasteiger partial charge in [-0.3, -0.25) is 10.1 Å². The lowest BCUT2D eigenvalue weighted by molar-refractivity contribution is 0.0635. The number of hydrogen-bond acceptors (Lipinski definition) is 5. The number of aromatic nitrogens is 1. The number of carbonyl (C=O) groups excluding carboxylic acids is 2. The molecule has 166 valence electrons.